The fourth-order valence-corrected chi connectivity index (χ4v) is 4.65. The Hall–Kier alpha value is -3.46. The third kappa shape index (κ3) is 3.38. The van der Waals surface area contributed by atoms with Gasteiger partial charge < -0.3 is 19.9 Å². The van der Waals surface area contributed by atoms with E-state index in [0.717, 1.165) is 24.2 Å². The SMILES string of the molecule is CN[C@@H]1CN(c2ccc(C(=O)Nc3cc(F)c4nc(C)cn4c3)c3nn(C)cc23)C[C@H]1C. The van der Waals surface area contributed by atoms with E-state index < -0.39 is 5.82 Å². The van der Waals surface area contributed by atoms with Crippen molar-refractivity contribution in [2.75, 3.05) is 30.4 Å². The first-order valence-electron chi connectivity index (χ1n) is 10.7. The summed E-state index contributed by atoms with van der Waals surface area (Å²) in [6.07, 6.45) is 5.32. The van der Waals surface area contributed by atoms with Crippen LogP contribution in [0.15, 0.2) is 36.8 Å². The van der Waals surface area contributed by atoms with Crippen LogP contribution in [0.25, 0.3) is 16.6 Å². The van der Waals surface area contributed by atoms with Crippen LogP contribution >= 0.6 is 0 Å². The number of aryl methyl sites for hydroxylation is 2. The van der Waals surface area contributed by atoms with Crippen LogP contribution in [0.2, 0.25) is 0 Å². The minimum absolute atomic E-state index is 0.233. The molecule has 0 spiro atoms. The van der Waals surface area contributed by atoms with Crippen molar-refractivity contribution >= 4 is 33.8 Å². The summed E-state index contributed by atoms with van der Waals surface area (Å²) in [6.45, 7) is 5.87. The highest BCUT2D eigenvalue weighted by Crippen LogP contribution is 2.33. The summed E-state index contributed by atoms with van der Waals surface area (Å²) in [4.78, 5) is 19.6. The van der Waals surface area contributed by atoms with E-state index >= 15 is 0 Å². The third-order valence-electron chi connectivity index (χ3n) is 6.22. The number of benzene rings is 1. The maximum absolute atomic E-state index is 14.4. The van der Waals surface area contributed by atoms with E-state index in [1.165, 1.54) is 6.07 Å². The topological polar surface area (TPSA) is 79.5 Å². The third-order valence-corrected chi connectivity index (χ3v) is 6.22. The van der Waals surface area contributed by atoms with Gasteiger partial charge in [-0.25, -0.2) is 9.37 Å². The van der Waals surface area contributed by atoms with Crippen molar-refractivity contribution in [3.63, 3.8) is 0 Å². The fraction of sp³-hybridized carbons (Fsp3) is 0.348. The smallest absolute Gasteiger partial charge is 0.257 e. The summed E-state index contributed by atoms with van der Waals surface area (Å²) in [5.41, 5.74) is 3.44. The zero-order valence-electron chi connectivity index (χ0n) is 18.6. The molecule has 1 amide bonds. The summed E-state index contributed by atoms with van der Waals surface area (Å²) in [7, 11) is 3.84. The largest absolute Gasteiger partial charge is 0.369 e. The van der Waals surface area contributed by atoms with Gasteiger partial charge in [0.2, 0.25) is 0 Å². The molecule has 8 nitrogen and oxygen atoms in total. The zero-order valence-corrected chi connectivity index (χ0v) is 18.6. The molecule has 1 fully saturated rings. The molecule has 166 valence electrons. The average Bonchev–Trinajstić information content (AvgIpc) is 3.42. The summed E-state index contributed by atoms with van der Waals surface area (Å²) in [5.74, 6) is -0.304. The Balaban J connectivity index is 1.49. The van der Waals surface area contributed by atoms with Gasteiger partial charge in [0.05, 0.1) is 16.9 Å². The van der Waals surface area contributed by atoms with Crippen molar-refractivity contribution in [1.82, 2.24) is 24.5 Å². The number of pyridine rings is 1. The number of carbonyl (C=O) groups is 1. The predicted octanol–water partition coefficient (Wildman–Crippen LogP) is 2.96. The van der Waals surface area contributed by atoms with Crippen LogP contribution < -0.4 is 15.5 Å². The number of hydrogen-bond donors (Lipinski definition) is 2. The number of imidazole rings is 1. The van der Waals surface area contributed by atoms with Crippen LogP contribution in [-0.2, 0) is 7.05 Å². The Labute approximate surface area is 185 Å². The molecule has 2 N–H and O–H groups in total. The Kier molecular flexibility index (Phi) is 4.85. The molecule has 1 aliphatic rings. The first-order valence-corrected chi connectivity index (χ1v) is 10.7. The summed E-state index contributed by atoms with van der Waals surface area (Å²) >= 11 is 0. The standard InChI is InChI=1S/C23H26FN7O/c1-13-8-30(12-19(13)25-3)20-6-5-16(21-17(20)11-29(4)28-21)23(32)27-15-7-18(24)22-26-14(2)9-31(22)10-15/h5-7,9-11,13,19,25H,8,12H2,1-4H3,(H,27,32)/t13-,19-/m1/s1. The number of carbonyl (C=O) groups excluding carboxylic acids is 1. The molecule has 1 aliphatic heterocycles. The molecule has 1 aromatic carbocycles. The van der Waals surface area contributed by atoms with Crippen LogP contribution in [0.3, 0.4) is 0 Å². The van der Waals surface area contributed by atoms with Gasteiger partial charge in [-0.3, -0.25) is 9.48 Å². The number of aromatic nitrogens is 4. The van der Waals surface area contributed by atoms with Gasteiger partial charge in [-0.15, -0.1) is 0 Å². The van der Waals surface area contributed by atoms with Gasteiger partial charge in [0.25, 0.3) is 5.91 Å². The zero-order chi connectivity index (χ0) is 22.6. The molecular weight excluding hydrogens is 409 g/mol. The number of nitrogens with zero attached hydrogens (tertiary/aromatic N) is 5. The highest BCUT2D eigenvalue weighted by Gasteiger charge is 2.30. The lowest BCUT2D eigenvalue weighted by Crippen LogP contribution is -2.32. The molecule has 2 atom stereocenters. The van der Waals surface area contributed by atoms with Crippen molar-refractivity contribution in [1.29, 1.82) is 0 Å². The molecule has 0 aliphatic carbocycles. The maximum atomic E-state index is 14.4. The predicted molar refractivity (Wildman–Crippen MR) is 123 cm³/mol. The fourth-order valence-electron chi connectivity index (χ4n) is 4.65. The minimum atomic E-state index is -0.489. The number of halogens is 1. The molecule has 3 aromatic heterocycles. The van der Waals surface area contributed by atoms with Crippen LogP contribution in [0.1, 0.15) is 23.0 Å². The highest BCUT2D eigenvalue weighted by molar-refractivity contribution is 6.13. The van der Waals surface area contributed by atoms with E-state index in [1.54, 1.807) is 34.5 Å². The highest BCUT2D eigenvalue weighted by atomic mass is 19.1. The summed E-state index contributed by atoms with van der Waals surface area (Å²) in [6, 6.07) is 5.48. The minimum Gasteiger partial charge on any atom is -0.369 e. The molecule has 0 saturated carbocycles. The lowest BCUT2D eigenvalue weighted by molar-refractivity contribution is 0.102. The molecule has 0 unspecified atom stereocenters. The monoisotopic (exact) mass is 435 g/mol. The first-order chi connectivity index (χ1) is 15.3. The number of rotatable bonds is 4. The molecular formula is C23H26FN7O. The molecule has 32 heavy (non-hydrogen) atoms. The van der Waals surface area contributed by atoms with Crippen LogP contribution in [-0.4, -0.2) is 51.3 Å². The van der Waals surface area contributed by atoms with E-state index in [1.807, 2.05) is 26.4 Å². The molecule has 4 aromatic rings. The van der Waals surface area contributed by atoms with Gasteiger partial charge >= 0.3 is 0 Å². The number of likely N-dealkylation sites (N-methyl/N-ethyl adjacent to an activating group) is 1. The van der Waals surface area contributed by atoms with Crippen LogP contribution in [0.5, 0.6) is 0 Å². The second-order valence-corrected chi connectivity index (χ2v) is 8.62. The van der Waals surface area contributed by atoms with Crippen molar-refractivity contribution in [2.45, 2.75) is 19.9 Å². The second kappa shape index (κ2) is 7.59. The van der Waals surface area contributed by atoms with Gasteiger partial charge in [-0.1, -0.05) is 6.92 Å². The van der Waals surface area contributed by atoms with Crippen molar-refractivity contribution in [3.8, 4) is 0 Å². The van der Waals surface area contributed by atoms with Gasteiger partial charge in [-0.2, -0.15) is 5.10 Å². The van der Waals surface area contributed by atoms with E-state index in [9.17, 15) is 9.18 Å². The Morgan fingerprint density at radius 2 is 2.03 bits per heavy atom. The summed E-state index contributed by atoms with van der Waals surface area (Å²) in [5, 5.41) is 11.7. The molecule has 9 heteroatoms. The van der Waals surface area contributed by atoms with E-state index in [-0.39, 0.29) is 11.6 Å². The van der Waals surface area contributed by atoms with Gasteiger partial charge in [0.15, 0.2) is 11.5 Å². The van der Waals surface area contributed by atoms with E-state index in [4.69, 9.17) is 0 Å². The molecule has 4 heterocycles. The molecule has 1 saturated heterocycles. The van der Waals surface area contributed by atoms with Crippen molar-refractivity contribution < 1.29 is 9.18 Å². The Morgan fingerprint density at radius 1 is 1.22 bits per heavy atom. The molecule has 0 radical (unpaired) electrons. The first kappa shape index (κ1) is 20.4. The number of hydrogen-bond acceptors (Lipinski definition) is 5. The maximum Gasteiger partial charge on any atom is 0.257 e. The van der Waals surface area contributed by atoms with Gasteiger partial charge in [-0.05, 0) is 32.0 Å². The van der Waals surface area contributed by atoms with E-state index in [2.05, 4.69) is 32.5 Å². The Bertz CT molecular complexity index is 1340. The number of anilines is 2. The number of nitrogens with one attached hydrogen (secondary N) is 2. The van der Waals surface area contributed by atoms with E-state index in [0.29, 0.717) is 34.4 Å². The van der Waals surface area contributed by atoms with Crippen LogP contribution in [0.4, 0.5) is 15.8 Å². The quantitative estimate of drug-likeness (QED) is 0.515. The number of fused-ring (bicyclic) bond motifs is 2. The van der Waals surface area contributed by atoms with Crippen molar-refractivity contribution in [3.05, 3.63) is 53.9 Å². The van der Waals surface area contributed by atoms with Gasteiger partial charge in [0, 0.05) is 61.9 Å². The van der Waals surface area contributed by atoms with Crippen molar-refractivity contribution in [2.24, 2.45) is 13.0 Å². The normalized spacial score (nSPS) is 18.7. The van der Waals surface area contributed by atoms with Crippen LogP contribution in [0, 0.1) is 18.7 Å². The second-order valence-electron chi connectivity index (χ2n) is 8.62. The Morgan fingerprint density at radius 3 is 2.78 bits per heavy atom. The lowest BCUT2D eigenvalue weighted by atomic mass is 10.1. The lowest BCUT2D eigenvalue weighted by Gasteiger charge is -2.20. The number of amides is 1. The van der Waals surface area contributed by atoms with Gasteiger partial charge in [0.1, 0.15) is 5.52 Å². The molecule has 0 bridgehead atoms. The molecule has 5 rings (SSSR count). The average molecular weight is 436 g/mol. The summed E-state index contributed by atoms with van der Waals surface area (Å²) < 4.78 is 17.7.